The molecule has 0 radical (unpaired) electrons. The summed E-state index contributed by atoms with van der Waals surface area (Å²) in [5, 5.41) is 25.2. The number of aromatic amines is 1. The van der Waals surface area contributed by atoms with E-state index in [4.69, 9.17) is 33.0 Å². The lowest BCUT2D eigenvalue weighted by Crippen LogP contribution is -2.71. The van der Waals surface area contributed by atoms with E-state index in [1.165, 1.54) is 18.7 Å². The lowest BCUT2D eigenvalue weighted by molar-refractivity contribution is -0.687. The van der Waals surface area contributed by atoms with Crippen LogP contribution in [0.3, 0.4) is 0 Å². The zero-order valence-electron chi connectivity index (χ0n) is 21.9. The molecule has 3 atom stereocenters. The number of carboxylic acids is 2. The van der Waals surface area contributed by atoms with Gasteiger partial charge >= 0.3 is 11.9 Å². The molecule has 2 aliphatic heterocycles. The van der Waals surface area contributed by atoms with Crippen molar-refractivity contribution in [1.82, 2.24) is 20.2 Å². The fraction of sp³-hybridized carbons (Fsp3) is 0.250. The number of aromatic nitrogens is 3. The Hall–Kier alpha value is -4.68. The van der Waals surface area contributed by atoms with Gasteiger partial charge in [-0.25, -0.2) is 19.1 Å². The number of anilines is 1. The number of rotatable bonds is 10. The van der Waals surface area contributed by atoms with Crippen molar-refractivity contribution in [1.29, 1.82) is 0 Å². The molecule has 3 aromatic rings. The summed E-state index contributed by atoms with van der Waals surface area (Å²) in [4.78, 5) is 74.3. The van der Waals surface area contributed by atoms with Gasteiger partial charge in [-0.3, -0.25) is 19.3 Å². The molecular weight excluding hydrogens is 628 g/mol. The number of thioether (sulfide) groups is 1. The lowest BCUT2D eigenvalue weighted by atomic mass is 10.0. The van der Waals surface area contributed by atoms with Crippen LogP contribution in [0.5, 0.6) is 0 Å². The standard InChI is InChI=1S/C24H21ClN8O8S2/c1-8(22(37)38)41-31-14(13-17(25)43-24(27)30-13)19(35)29-15-20(36)33-16(23(39)40)10(7-42-21(15)33)6-32-3-2-11-9(5-32)4-12(28-11)18(26)34/h2-5,8,15,21H,6-7H2,1H3,(H7,26,27,29,30,34,35,37,38,39,40)/p+1/b31-14-/t8-,15+,21?/m0/s1. The van der Waals surface area contributed by atoms with Gasteiger partial charge in [-0.1, -0.05) is 28.1 Å². The summed E-state index contributed by atoms with van der Waals surface area (Å²) in [6, 6.07) is 2.15. The molecule has 0 aromatic carbocycles. The molecule has 19 heteroatoms. The number of oxime groups is 1. The molecule has 1 fully saturated rings. The van der Waals surface area contributed by atoms with Gasteiger partial charge in [-0.05, 0) is 13.0 Å². The fourth-order valence-electron chi connectivity index (χ4n) is 4.42. The molecule has 0 bridgehead atoms. The Balaban J connectivity index is 1.37. The Morgan fingerprint density at radius 1 is 1.37 bits per heavy atom. The van der Waals surface area contributed by atoms with Crippen LogP contribution in [0.4, 0.5) is 5.13 Å². The molecule has 16 nitrogen and oxygen atoms in total. The largest absolute Gasteiger partial charge is 0.478 e. The van der Waals surface area contributed by atoms with E-state index in [0.717, 1.165) is 16.2 Å². The molecule has 2 aliphatic rings. The average Bonchev–Trinajstić information content (AvgIpc) is 3.53. The second-order valence-electron chi connectivity index (χ2n) is 9.35. The number of carbonyl (C=O) groups excluding carboxylic acids is 3. The van der Waals surface area contributed by atoms with Crippen molar-refractivity contribution in [2.45, 2.75) is 31.0 Å². The number of fused-ring (bicyclic) bond motifs is 2. The van der Waals surface area contributed by atoms with E-state index in [1.807, 2.05) is 0 Å². The van der Waals surface area contributed by atoms with Gasteiger partial charge in [0.15, 0.2) is 29.8 Å². The van der Waals surface area contributed by atoms with Crippen LogP contribution >= 0.6 is 34.7 Å². The first-order valence-electron chi connectivity index (χ1n) is 12.3. The van der Waals surface area contributed by atoms with Gasteiger partial charge in [0.2, 0.25) is 6.10 Å². The Morgan fingerprint density at radius 3 is 2.74 bits per heavy atom. The number of H-pyrrole nitrogens is 1. The van der Waals surface area contributed by atoms with Crippen LogP contribution in [0, 0.1) is 0 Å². The third-order valence-electron chi connectivity index (χ3n) is 6.48. The van der Waals surface area contributed by atoms with E-state index in [0.29, 0.717) is 16.5 Å². The summed E-state index contributed by atoms with van der Waals surface area (Å²) < 4.78 is 1.70. The highest BCUT2D eigenvalue weighted by atomic mass is 35.5. The van der Waals surface area contributed by atoms with Gasteiger partial charge in [0.1, 0.15) is 32.8 Å². The number of nitrogen functional groups attached to an aromatic ring is 1. The maximum Gasteiger partial charge on any atom is 0.352 e. The molecule has 0 spiro atoms. The van der Waals surface area contributed by atoms with E-state index in [2.05, 4.69) is 20.4 Å². The van der Waals surface area contributed by atoms with Crippen LogP contribution in [0.15, 0.2) is 41.0 Å². The minimum Gasteiger partial charge on any atom is -0.478 e. The van der Waals surface area contributed by atoms with E-state index in [-0.39, 0.29) is 38.9 Å². The minimum atomic E-state index is -1.42. The molecule has 0 aliphatic carbocycles. The number of nitrogens with two attached hydrogens (primary N) is 2. The van der Waals surface area contributed by atoms with Crippen LogP contribution < -0.4 is 21.4 Å². The number of β-lactam (4-membered cyclic amide) rings is 1. The zero-order chi connectivity index (χ0) is 31.2. The second-order valence-corrected chi connectivity index (χ2v) is 12.1. The first-order valence-corrected chi connectivity index (χ1v) is 14.5. The zero-order valence-corrected chi connectivity index (χ0v) is 24.3. The van der Waals surface area contributed by atoms with Crippen molar-refractivity contribution in [3.63, 3.8) is 0 Å². The monoisotopic (exact) mass is 649 g/mol. The Bertz CT molecular complexity index is 1770. The lowest BCUT2D eigenvalue weighted by Gasteiger charge is -2.49. The predicted octanol–water partition coefficient (Wildman–Crippen LogP) is -0.121. The summed E-state index contributed by atoms with van der Waals surface area (Å²) in [5.41, 5.74) is 11.5. The highest BCUT2D eigenvalue weighted by Crippen LogP contribution is 2.40. The Morgan fingerprint density at radius 2 is 2.12 bits per heavy atom. The van der Waals surface area contributed by atoms with Gasteiger partial charge in [0.05, 0.1) is 10.9 Å². The van der Waals surface area contributed by atoms with Gasteiger partial charge in [-0.2, -0.15) is 0 Å². The predicted molar refractivity (Wildman–Crippen MR) is 153 cm³/mol. The molecular formula is C24H22ClN8O8S2+. The molecule has 3 amide bonds. The van der Waals surface area contributed by atoms with E-state index in [1.54, 1.807) is 29.1 Å². The van der Waals surface area contributed by atoms with Gasteiger partial charge in [-0.15, -0.1) is 11.8 Å². The van der Waals surface area contributed by atoms with Crippen LogP contribution in [-0.4, -0.2) is 83.7 Å². The van der Waals surface area contributed by atoms with Crippen molar-refractivity contribution in [2.75, 3.05) is 11.5 Å². The summed E-state index contributed by atoms with van der Waals surface area (Å²) in [5.74, 6) is -4.70. The molecule has 43 heavy (non-hydrogen) atoms. The smallest absolute Gasteiger partial charge is 0.352 e. The van der Waals surface area contributed by atoms with E-state index >= 15 is 0 Å². The first-order chi connectivity index (χ1) is 20.3. The molecule has 8 N–H and O–H groups in total. The van der Waals surface area contributed by atoms with Crippen molar-refractivity contribution >= 4 is 86.1 Å². The van der Waals surface area contributed by atoms with E-state index < -0.39 is 52.9 Å². The SMILES string of the molecule is C[C@H](O/N=C(\C(=O)N[C@@H]1C(=O)N2C(C(=O)O)=C(C[n+]3ccc4[nH]c(C(N)=O)cc4c3)CSC12)c1nc(N)sc1Cl)C(=O)O. The fourth-order valence-corrected chi connectivity index (χ4v) is 6.69. The summed E-state index contributed by atoms with van der Waals surface area (Å²) in [6.45, 7) is 1.32. The third kappa shape index (κ3) is 5.71. The number of pyridine rings is 1. The number of halogens is 1. The van der Waals surface area contributed by atoms with Gasteiger partial charge in [0, 0.05) is 17.4 Å². The number of carbonyl (C=O) groups is 5. The molecule has 5 heterocycles. The number of nitrogens with one attached hydrogen (secondary N) is 2. The highest BCUT2D eigenvalue weighted by Gasteiger charge is 2.55. The second kappa shape index (κ2) is 11.5. The number of carboxylic acid groups (broad SMARTS) is 2. The van der Waals surface area contributed by atoms with E-state index in [9.17, 15) is 29.1 Å². The normalized spacial score (nSPS) is 19.1. The summed E-state index contributed by atoms with van der Waals surface area (Å²) in [6.07, 6.45) is 1.99. The van der Waals surface area contributed by atoms with Crippen LogP contribution in [0.1, 0.15) is 23.1 Å². The van der Waals surface area contributed by atoms with Crippen LogP contribution in [-0.2, 0) is 30.6 Å². The van der Waals surface area contributed by atoms with Crippen molar-refractivity contribution in [3.8, 4) is 0 Å². The highest BCUT2D eigenvalue weighted by molar-refractivity contribution is 8.00. The average molecular weight is 650 g/mol. The Kier molecular flexibility index (Phi) is 8.00. The molecule has 1 unspecified atom stereocenters. The van der Waals surface area contributed by atoms with Crippen molar-refractivity contribution in [2.24, 2.45) is 10.9 Å². The number of aliphatic carboxylic acids is 2. The number of hydrogen-bond acceptors (Lipinski definition) is 11. The maximum absolute atomic E-state index is 13.2. The Labute approximate surface area is 254 Å². The number of thiazole rings is 1. The van der Waals surface area contributed by atoms with Gasteiger partial charge in [0.25, 0.3) is 17.7 Å². The first kappa shape index (κ1) is 29.8. The molecule has 224 valence electrons. The minimum absolute atomic E-state index is 0.00566. The molecule has 3 aromatic heterocycles. The summed E-state index contributed by atoms with van der Waals surface area (Å²) >= 11 is 8.23. The number of nitrogens with zero attached hydrogens (tertiary/aromatic N) is 4. The molecule has 1 saturated heterocycles. The van der Waals surface area contributed by atoms with Gasteiger partial charge < -0.3 is 36.8 Å². The third-order valence-corrected chi connectivity index (χ3v) is 8.91. The van der Waals surface area contributed by atoms with Crippen molar-refractivity contribution in [3.05, 3.63) is 51.5 Å². The molecule has 5 rings (SSSR count). The number of hydrogen-bond donors (Lipinski definition) is 6. The topological polar surface area (TPSA) is 247 Å². The maximum atomic E-state index is 13.2. The van der Waals surface area contributed by atoms with Crippen LogP contribution in [0.2, 0.25) is 4.34 Å². The van der Waals surface area contributed by atoms with Crippen molar-refractivity contribution < 1.29 is 43.6 Å². The summed E-state index contributed by atoms with van der Waals surface area (Å²) in [7, 11) is 0. The quantitative estimate of drug-likeness (QED) is 0.0731. The number of primary amides is 1. The van der Waals surface area contributed by atoms with Crippen LogP contribution in [0.25, 0.3) is 10.9 Å². The number of amides is 3. The molecule has 0 saturated carbocycles.